The van der Waals surface area contributed by atoms with E-state index in [0.29, 0.717) is 12.8 Å². The molecular weight excluding hydrogens is 1040 g/mol. The average molecular weight is 1090 g/mol. The molecule has 6 rings (SSSR count). The van der Waals surface area contributed by atoms with Crippen molar-refractivity contribution >= 4 is 47.7 Å². The minimum absolute atomic E-state index is 0. The van der Waals surface area contributed by atoms with E-state index in [1.165, 1.54) is 31.8 Å². The van der Waals surface area contributed by atoms with Gasteiger partial charge in [-0.05, 0) is 86.6 Å². The largest absolute Gasteiger partial charge is 1.00 e. The Morgan fingerprint density at radius 1 is 0.415 bits per heavy atom. The minimum atomic E-state index is -0.877. The molecule has 0 atom stereocenters. The van der Waals surface area contributed by atoms with Gasteiger partial charge in [0.15, 0.2) is 0 Å². The Balaban J connectivity index is 0.000000753. The predicted molar refractivity (Wildman–Crippen MR) is 232 cm³/mol. The van der Waals surface area contributed by atoms with Gasteiger partial charge in [-0.1, -0.05) is 127 Å². The van der Waals surface area contributed by atoms with Crippen molar-refractivity contribution in [2.45, 2.75) is 26.7 Å². The summed E-state index contributed by atoms with van der Waals surface area (Å²) in [5.41, 5.74) is 0. The molecule has 53 heavy (non-hydrogen) atoms. The van der Waals surface area contributed by atoms with Gasteiger partial charge < -0.3 is 19.8 Å². The molecule has 0 aliphatic rings. The van der Waals surface area contributed by atoms with E-state index in [1.807, 2.05) is 0 Å². The number of hydrogen-bond acceptors (Lipinski definition) is 0. The summed E-state index contributed by atoms with van der Waals surface area (Å²) in [6.45, 7) is 3.52. The van der Waals surface area contributed by atoms with Gasteiger partial charge in [0.05, 0.1) is 22.3 Å². The van der Waals surface area contributed by atoms with Crippen LogP contribution in [0, 0.1) is 55.8 Å². The first kappa shape index (κ1) is 48.9. The third-order valence-electron chi connectivity index (χ3n) is 7.10. The Labute approximate surface area is 354 Å². The molecule has 0 spiro atoms. The van der Waals surface area contributed by atoms with Crippen molar-refractivity contribution < 1.29 is 44.8 Å². The molecular formula is C49H46Au2P2+2. The summed E-state index contributed by atoms with van der Waals surface area (Å²) in [4.78, 5) is 0. The van der Waals surface area contributed by atoms with Crippen molar-refractivity contribution in [2.24, 2.45) is 0 Å². The van der Waals surface area contributed by atoms with Crippen molar-refractivity contribution in [1.82, 2.24) is 0 Å². The summed E-state index contributed by atoms with van der Waals surface area (Å²) < 4.78 is 0. The number of benzene rings is 6. The number of terminal acetylenes is 1. The molecule has 6 aromatic carbocycles. The van der Waals surface area contributed by atoms with Crippen LogP contribution < -0.4 is 31.8 Å². The molecule has 4 heteroatoms. The summed E-state index contributed by atoms with van der Waals surface area (Å²) >= 11 is 0. The topological polar surface area (TPSA) is 0 Å². The Kier molecular flexibility index (Phi) is 29.0. The second kappa shape index (κ2) is 31.4. The third-order valence-corrected chi connectivity index (χ3v) is 12.6. The Hall–Kier alpha value is -4.10. The standard InChI is InChI=1S/2C18H15P.C6H6.C6H5.CH3.2Au/c2*1-4-10-16(11-5-1)19(17-12-6-2-7-13-17)18-14-8-3-9-15-18;2*1-3-5-6-4-2;;;/h2*1-15H;1H,5H2,2H3;6H2,1H3;1H3;;/q;;;2*-1;2*+1/p+2. The number of hydrogen-bond donors (Lipinski definition) is 0. The maximum Gasteiger partial charge on any atom is 1.00 e. The zero-order valence-electron chi connectivity index (χ0n) is 30.4. The first-order chi connectivity index (χ1) is 24.7. The molecule has 0 N–H and O–H groups in total. The molecule has 272 valence electrons. The van der Waals surface area contributed by atoms with Crippen LogP contribution in [0.1, 0.15) is 26.7 Å². The van der Waals surface area contributed by atoms with Crippen molar-refractivity contribution in [3.8, 4) is 41.9 Å². The molecule has 0 fully saturated rings. The zero-order chi connectivity index (χ0) is 35.5. The maximum atomic E-state index is 6.35. The summed E-state index contributed by atoms with van der Waals surface area (Å²) in [6, 6.07) is 65.0. The van der Waals surface area contributed by atoms with E-state index in [0.717, 1.165) is 0 Å². The second-order valence-corrected chi connectivity index (χ2v) is 15.5. The molecule has 0 aromatic heterocycles. The van der Waals surface area contributed by atoms with Gasteiger partial charge >= 0.3 is 44.8 Å². The molecule has 0 saturated carbocycles. The Bertz CT molecular complexity index is 1640. The molecule has 0 unspecified atom stereocenters. The van der Waals surface area contributed by atoms with Gasteiger partial charge in [-0.2, -0.15) is 0 Å². The zero-order valence-corrected chi connectivity index (χ0v) is 36.7. The molecule has 0 nitrogen and oxygen atoms in total. The van der Waals surface area contributed by atoms with Crippen LogP contribution in [0.5, 0.6) is 0 Å². The molecule has 0 aliphatic heterocycles. The minimum Gasteiger partial charge on any atom is -0.693 e. The van der Waals surface area contributed by atoms with E-state index in [4.69, 9.17) is 12.8 Å². The first-order valence-electron chi connectivity index (χ1n) is 16.4. The van der Waals surface area contributed by atoms with E-state index < -0.39 is 15.8 Å². The fraction of sp³-hybridized carbons (Fsp3) is 0.0816. The van der Waals surface area contributed by atoms with E-state index >= 15 is 0 Å². The van der Waals surface area contributed by atoms with Crippen molar-refractivity contribution in [3.63, 3.8) is 0 Å². The molecule has 0 heterocycles. The molecule has 0 radical (unpaired) electrons. The predicted octanol–water partition coefficient (Wildman–Crippen LogP) is 8.82. The van der Waals surface area contributed by atoms with Crippen LogP contribution in [-0.4, -0.2) is 0 Å². The van der Waals surface area contributed by atoms with Gasteiger partial charge in [0.1, 0.15) is 31.8 Å². The van der Waals surface area contributed by atoms with Crippen LogP contribution in [0.25, 0.3) is 0 Å². The second-order valence-electron chi connectivity index (χ2n) is 10.5. The van der Waals surface area contributed by atoms with Crippen molar-refractivity contribution in [2.75, 3.05) is 0 Å². The fourth-order valence-electron chi connectivity index (χ4n) is 4.90. The Morgan fingerprint density at radius 3 is 0.755 bits per heavy atom. The maximum absolute atomic E-state index is 6.35. The van der Waals surface area contributed by atoms with Gasteiger partial charge in [-0.15, -0.1) is 18.3 Å². The van der Waals surface area contributed by atoms with Crippen LogP contribution in [0.4, 0.5) is 0 Å². The Morgan fingerprint density at radius 2 is 0.623 bits per heavy atom. The SMILES string of the molecule is C#CCC#CC.[Au+].[Au+].[C-]#CCC#CC.[CH3-].c1ccc([PH+](c2ccccc2)c2ccccc2)cc1.c1ccc([PH+](c2ccccc2)c2ccccc2)cc1. The van der Waals surface area contributed by atoms with Crippen LogP contribution in [-0.2, 0) is 44.8 Å². The van der Waals surface area contributed by atoms with Crippen LogP contribution in [0.3, 0.4) is 0 Å². The third kappa shape index (κ3) is 18.5. The summed E-state index contributed by atoms with van der Waals surface area (Å²) in [7, 11) is -1.75. The smallest absolute Gasteiger partial charge is 0.693 e. The van der Waals surface area contributed by atoms with Crippen LogP contribution in [0.15, 0.2) is 182 Å². The van der Waals surface area contributed by atoms with Gasteiger partial charge in [0.2, 0.25) is 0 Å². The summed E-state index contributed by atoms with van der Waals surface area (Å²) in [5.74, 6) is 15.2. The molecule has 6 aromatic rings. The van der Waals surface area contributed by atoms with Crippen LogP contribution >= 0.6 is 15.8 Å². The van der Waals surface area contributed by atoms with Gasteiger partial charge in [-0.3, -0.25) is 0 Å². The monoisotopic (exact) mass is 1090 g/mol. The summed E-state index contributed by atoms with van der Waals surface area (Å²) in [6.07, 6.45) is 12.3. The van der Waals surface area contributed by atoms with E-state index in [-0.39, 0.29) is 52.2 Å². The molecule has 0 bridgehead atoms. The summed E-state index contributed by atoms with van der Waals surface area (Å²) in [5, 5.41) is 8.61. The first-order valence-corrected chi connectivity index (χ1v) is 19.4. The fourth-order valence-corrected chi connectivity index (χ4v) is 10.1. The van der Waals surface area contributed by atoms with Crippen LogP contribution in [0.2, 0.25) is 0 Å². The van der Waals surface area contributed by atoms with E-state index in [2.05, 4.69) is 218 Å². The van der Waals surface area contributed by atoms with E-state index in [9.17, 15) is 0 Å². The molecule has 0 aliphatic carbocycles. The average Bonchev–Trinajstić information content (AvgIpc) is 3.20. The normalized spacial score (nSPS) is 8.64. The van der Waals surface area contributed by atoms with Gasteiger partial charge in [0.25, 0.3) is 0 Å². The molecule has 0 saturated heterocycles. The number of rotatable bonds is 6. The molecule has 0 amide bonds. The quantitative estimate of drug-likeness (QED) is 0.0678. The van der Waals surface area contributed by atoms with Gasteiger partial charge in [0, 0.05) is 6.42 Å². The van der Waals surface area contributed by atoms with Crippen molar-refractivity contribution in [3.05, 3.63) is 196 Å². The van der Waals surface area contributed by atoms with E-state index in [1.54, 1.807) is 13.8 Å². The van der Waals surface area contributed by atoms with Gasteiger partial charge in [-0.25, -0.2) is 0 Å². The van der Waals surface area contributed by atoms with Crippen molar-refractivity contribution in [1.29, 1.82) is 0 Å².